The van der Waals surface area contributed by atoms with Gasteiger partial charge in [0.15, 0.2) is 6.29 Å². The summed E-state index contributed by atoms with van der Waals surface area (Å²) in [7, 11) is 4.69. The Balaban J connectivity index is 4.09. The number of likely N-dealkylation sites (N-methyl/N-ethyl adjacent to an activating group) is 1. The molecule has 0 aromatic carbocycles. The van der Waals surface area contributed by atoms with E-state index in [-0.39, 0.29) is 6.09 Å². The van der Waals surface area contributed by atoms with Crippen molar-refractivity contribution in [3.63, 3.8) is 0 Å². The zero-order valence-electron chi connectivity index (χ0n) is 10.4. The first kappa shape index (κ1) is 14.2. The Bertz CT molecular complexity index is 196. The van der Waals surface area contributed by atoms with Crippen LogP contribution >= 0.6 is 0 Å². The van der Waals surface area contributed by atoms with Crippen LogP contribution in [0.5, 0.6) is 0 Å². The highest BCUT2D eigenvalue weighted by molar-refractivity contribution is 5.67. The molecule has 90 valence electrons. The smallest absolute Gasteiger partial charge is 0.410 e. The molecule has 0 aliphatic rings. The molecule has 0 spiro atoms. The lowest BCUT2D eigenvalue weighted by molar-refractivity contribution is -0.113. The lowest BCUT2D eigenvalue weighted by Crippen LogP contribution is -2.39. The Hall–Kier alpha value is -0.810. The molecule has 0 unspecified atom stereocenters. The van der Waals surface area contributed by atoms with Crippen LogP contribution in [0.1, 0.15) is 20.8 Å². The van der Waals surface area contributed by atoms with E-state index < -0.39 is 11.9 Å². The summed E-state index contributed by atoms with van der Waals surface area (Å²) in [5.74, 6) is 0. The van der Waals surface area contributed by atoms with Gasteiger partial charge >= 0.3 is 6.09 Å². The van der Waals surface area contributed by atoms with Crippen LogP contribution in [0, 0.1) is 0 Å². The summed E-state index contributed by atoms with van der Waals surface area (Å²) in [5, 5.41) is 0. The highest BCUT2D eigenvalue weighted by Crippen LogP contribution is 2.09. The van der Waals surface area contributed by atoms with Crippen LogP contribution in [0.3, 0.4) is 0 Å². The molecular formula is C10H21NO4. The van der Waals surface area contributed by atoms with Gasteiger partial charge in [-0.15, -0.1) is 0 Å². The van der Waals surface area contributed by atoms with Crippen molar-refractivity contribution in [1.29, 1.82) is 0 Å². The Labute approximate surface area is 91.3 Å². The van der Waals surface area contributed by atoms with Crippen molar-refractivity contribution < 1.29 is 19.0 Å². The van der Waals surface area contributed by atoms with Gasteiger partial charge in [-0.25, -0.2) is 4.79 Å². The number of carbonyl (C=O) groups excluding carboxylic acids is 1. The molecule has 0 aliphatic heterocycles. The molecule has 0 aromatic rings. The van der Waals surface area contributed by atoms with Crippen molar-refractivity contribution in [3.05, 3.63) is 0 Å². The zero-order valence-corrected chi connectivity index (χ0v) is 10.4. The molecule has 0 aromatic heterocycles. The van der Waals surface area contributed by atoms with Crippen molar-refractivity contribution in [2.75, 3.05) is 27.8 Å². The van der Waals surface area contributed by atoms with Crippen molar-refractivity contribution in [3.8, 4) is 0 Å². The molecule has 0 radical (unpaired) electrons. The topological polar surface area (TPSA) is 48.0 Å². The monoisotopic (exact) mass is 219 g/mol. The summed E-state index contributed by atoms with van der Waals surface area (Å²) in [5.41, 5.74) is -0.485. The minimum atomic E-state index is -0.485. The molecule has 0 aliphatic carbocycles. The molecule has 1 amide bonds. The SMILES string of the molecule is COC(CN(C)C(=O)OC(C)(C)C)OC. The van der Waals surface area contributed by atoms with E-state index in [0.717, 1.165) is 0 Å². The van der Waals surface area contributed by atoms with Crippen LogP contribution in [-0.2, 0) is 14.2 Å². The molecule has 15 heavy (non-hydrogen) atoms. The third-order valence-electron chi connectivity index (χ3n) is 1.65. The molecule has 0 rings (SSSR count). The van der Waals surface area contributed by atoms with Crippen molar-refractivity contribution in [2.45, 2.75) is 32.7 Å². The number of carbonyl (C=O) groups is 1. The molecule has 0 N–H and O–H groups in total. The summed E-state index contributed by atoms with van der Waals surface area (Å²) in [6.45, 7) is 5.80. The van der Waals surface area contributed by atoms with Gasteiger partial charge in [0.05, 0.1) is 6.54 Å². The van der Waals surface area contributed by atoms with E-state index in [1.807, 2.05) is 20.8 Å². The van der Waals surface area contributed by atoms with Crippen LogP contribution in [0.15, 0.2) is 0 Å². The quantitative estimate of drug-likeness (QED) is 0.672. The van der Waals surface area contributed by atoms with Gasteiger partial charge < -0.3 is 19.1 Å². The first-order chi connectivity index (χ1) is 6.80. The van der Waals surface area contributed by atoms with E-state index in [1.165, 1.54) is 19.1 Å². The Morgan fingerprint density at radius 1 is 1.27 bits per heavy atom. The summed E-state index contributed by atoms with van der Waals surface area (Å²) < 4.78 is 15.1. The fourth-order valence-electron chi connectivity index (χ4n) is 0.883. The highest BCUT2D eigenvalue weighted by atomic mass is 16.7. The lowest BCUT2D eigenvalue weighted by atomic mass is 10.2. The molecule has 0 saturated carbocycles. The molecule has 0 fully saturated rings. The van der Waals surface area contributed by atoms with E-state index in [1.54, 1.807) is 7.05 Å². The zero-order chi connectivity index (χ0) is 12.1. The predicted octanol–water partition coefficient (Wildman–Crippen LogP) is 1.47. The van der Waals surface area contributed by atoms with E-state index in [4.69, 9.17) is 14.2 Å². The number of hydrogen-bond donors (Lipinski definition) is 0. The van der Waals surface area contributed by atoms with Gasteiger partial charge in [0.25, 0.3) is 0 Å². The van der Waals surface area contributed by atoms with E-state index in [9.17, 15) is 4.79 Å². The molecule has 5 nitrogen and oxygen atoms in total. The maximum Gasteiger partial charge on any atom is 0.410 e. The summed E-state index contributed by atoms with van der Waals surface area (Å²) >= 11 is 0. The van der Waals surface area contributed by atoms with Gasteiger partial charge in [0.1, 0.15) is 5.60 Å². The number of nitrogens with zero attached hydrogens (tertiary/aromatic N) is 1. The summed E-state index contributed by atoms with van der Waals surface area (Å²) in [6, 6.07) is 0. The van der Waals surface area contributed by atoms with E-state index in [2.05, 4.69) is 0 Å². The van der Waals surface area contributed by atoms with Gasteiger partial charge in [0.2, 0.25) is 0 Å². The number of methoxy groups -OCH3 is 2. The predicted molar refractivity (Wildman–Crippen MR) is 56.7 cm³/mol. The lowest BCUT2D eigenvalue weighted by Gasteiger charge is -2.26. The average molecular weight is 219 g/mol. The largest absolute Gasteiger partial charge is 0.444 e. The van der Waals surface area contributed by atoms with Gasteiger partial charge in [-0.2, -0.15) is 0 Å². The second-order valence-corrected chi connectivity index (χ2v) is 4.26. The molecular weight excluding hydrogens is 198 g/mol. The first-order valence-corrected chi connectivity index (χ1v) is 4.80. The van der Waals surface area contributed by atoms with E-state index >= 15 is 0 Å². The summed E-state index contributed by atoms with van der Waals surface area (Å²) in [4.78, 5) is 12.9. The minimum absolute atomic E-state index is 0.335. The molecule has 0 atom stereocenters. The highest BCUT2D eigenvalue weighted by Gasteiger charge is 2.21. The maximum atomic E-state index is 11.5. The van der Waals surface area contributed by atoms with Crippen molar-refractivity contribution >= 4 is 6.09 Å². The average Bonchev–Trinajstić information content (AvgIpc) is 2.10. The molecule has 0 saturated heterocycles. The third kappa shape index (κ3) is 6.30. The number of ether oxygens (including phenoxy) is 3. The molecule has 0 heterocycles. The van der Waals surface area contributed by atoms with Crippen LogP contribution < -0.4 is 0 Å². The summed E-state index contributed by atoms with van der Waals surface area (Å²) in [6.07, 6.45) is -0.816. The second-order valence-electron chi connectivity index (χ2n) is 4.26. The standard InChI is InChI=1S/C10H21NO4/c1-10(2,3)15-9(12)11(4)7-8(13-5)14-6/h8H,7H2,1-6H3. The van der Waals surface area contributed by atoms with Gasteiger partial charge in [-0.1, -0.05) is 0 Å². The molecule has 0 bridgehead atoms. The second kappa shape index (κ2) is 5.92. The Morgan fingerprint density at radius 3 is 2.07 bits per heavy atom. The third-order valence-corrected chi connectivity index (χ3v) is 1.65. The Kier molecular flexibility index (Phi) is 5.60. The maximum absolute atomic E-state index is 11.5. The number of amides is 1. The number of hydrogen-bond acceptors (Lipinski definition) is 4. The fraction of sp³-hybridized carbons (Fsp3) is 0.900. The van der Waals surface area contributed by atoms with Crippen LogP contribution in [0.4, 0.5) is 4.79 Å². The van der Waals surface area contributed by atoms with Crippen LogP contribution in [0.25, 0.3) is 0 Å². The Morgan fingerprint density at radius 2 is 1.73 bits per heavy atom. The normalized spacial score (nSPS) is 11.7. The van der Waals surface area contributed by atoms with Crippen molar-refractivity contribution in [1.82, 2.24) is 4.90 Å². The fourth-order valence-corrected chi connectivity index (χ4v) is 0.883. The van der Waals surface area contributed by atoms with Gasteiger partial charge in [-0.05, 0) is 20.8 Å². The van der Waals surface area contributed by atoms with Crippen molar-refractivity contribution in [2.24, 2.45) is 0 Å². The van der Waals surface area contributed by atoms with Gasteiger partial charge in [0, 0.05) is 21.3 Å². The van der Waals surface area contributed by atoms with Crippen LogP contribution in [0.2, 0.25) is 0 Å². The number of rotatable bonds is 4. The van der Waals surface area contributed by atoms with Crippen LogP contribution in [-0.4, -0.2) is 50.7 Å². The minimum Gasteiger partial charge on any atom is -0.444 e. The molecule has 5 heteroatoms. The van der Waals surface area contributed by atoms with Gasteiger partial charge in [-0.3, -0.25) is 0 Å². The first-order valence-electron chi connectivity index (χ1n) is 4.80. The van der Waals surface area contributed by atoms with E-state index in [0.29, 0.717) is 6.54 Å².